The van der Waals surface area contributed by atoms with Crippen LogP contribution in [-0.4, -0.2) is 0 Å². The fourth-order valence-corrected chi connectivity index (χ4v) is 3.63. The van der Waals surface area contributed by atoms with E-state index in [1.54, 1.807) is 6.07 Å². The first-order chi connectivity index (χ1) is 8.75. The molecular formula is C16H16BrF. The highest BCUT2D eigenvalue weighted by molar-refractivity contribution is 9.09. The van der Waals surface area contributed by atoms with Gasteiger partial charge in [0.25, 0.3) is 0 Å². The molecule has 1 aliphatic carbocycles. The minimum atomic E-state index is -0.127. The number of rotatable bonds is 3. The predicted octanol–water partition coefficient (Wildman–Crippen LogP) is 5.61. The highest BCUT2D eigenvalue weighted by Crippen LogP contribution is 2.40. The summed E-state index contributed by atoms with van der Waals surface area (Å²) in [5, 5.41) is 1.77. The van der Waals surface area contributed by atoms with Gasteiger partial charge in [0.2, 0.25) is 0 Å². The highest BCUT2D eigenvalue weighted by Gasteiger charge is 2.22. The zero-order chi connectivity index (χ0) is 12.5. The maximum atomic E-state index is 13.8. The van der Waals surface area contributed by atoms with Crippen LogP contribution >= 0.6 is 15.9 Å². The van der Waals surface area contributed by atoms with Gasteiger partial charge in [-0.1, -0.05) is 65.5 Å². The van der Waals surface area contributed by atoms with E-state index in [1.807, 2.05) is 30.3 Å². The molecule has 0 saturated heterocycles. The summed E-state index contributed by atoms with van der Waals surface area (Å²) in [6, 6.07) is 11.3. The summed E-state index contributed by atoms with van der Waals surface area (Å²) in [4.78, 5) is 0.341. The Morgan fingerprint density at radius 1 is 1.11 bits per heavy atom. The molecule has 0 aliphatic heterocycles. The topological polar surface area (TPSA) is 0 Å². The second kappa shape index (κ2) is 5.00. The standard InChI is InChI=1S/C16H16BrF/c17-15(10-11-4-3-5-11)13-8-9-16(18)14-7-2-1-6-12(13)14/h1-2,6-9,11,15H,3-5,10H2. The first kappa shape index (κ1) is 12.2. The van der Waals surface area contributed by atoms with Crippen molar-refractivity contribution in [3.8, 4) is 0 Å². The molecule has 1 fully saturated rings. The fourth-order valence-electron chi connectivity index (χ4n) is 2.71. The van der Waals surface area contributed by atoms with Gasteiger partial charge in [-0.05, 0) is 29.4 Å². The van der Waals surface area contributed by atoms with Crippen LogP contribution in [0.1, 0.15) is 36.1 Å². The molecule has 2 aromatic rings. The molecule has 0 spiro atoms. The molecule has 1 aliphatic rings. The number of fused-ring (bicyclic) bond motifs is 1. The average Bonchev–Trinajstić information content (AvgIpc) is 2.34. The van der Waals surface area contributed by atoms with E-state index in [9.17, 15) is 4.39 Å². The average molecular weight is 307 g/mol. The Morgan fingerprint density at radius 3 is 2.50 bits per heavy atom. The summed E-state index contributed by atoms with van der Waals surface area (Å²) in [6.45, 7) is 0. The van der Waals surface area contributed by atoms with E-state index in [4.69, 9.17) is 0 Å². The summed E-state index contributed by atoms with van der Waals surface area (Å²) in [5.41, 5.74) is 1.22. The predicted molar refractivity (Wildman–Crippen MR) is 77.5 cm³/mol. The van der Waals surface area contributed by atoms with E-state index >= 15 is 0 Å². The van der Waals surface area contributed by atoms with Crippen molar-refractivity contribution in [2.24, 2.45) is 5.92 Å². The second-order valence-corrected chi connectivity index (χ2v) is 6.29. The summed E-state index contributed by atoms with van der Waals surface area (Å²) in [6.07, 6.45) is 5.23. The van der Waals surface area contributed by atoms with E-state index in [-0.39, 0.29) is 5.82 Å². The van der Waals surface area contributed by atoms with Crippen molar-refractivity contribution in [2.75, 3.05) is 0 Å². The zero-order valence-electron chi connectivity index (χ0n) is 10.2. The van der Waals surface area contributed by atoms with Crippen LogP contribution in [0.2, 0.25) is 0 Å². The van der Waals surface area contributed by atoms with E-state index in [0.29, 0.717) is 4.83 Å². The van der Waals surface area contributed by atoms with Crippen LogP contribution in [-0.2, 0) is 0 Å². The Hall–Kier alpha value is -0.890. The largest absolute Gasteiger partial charge is 0.206 e. The van der Waals surface area contributed by atoms with Crippen molar-refractivity contribution in [1.29, 1.82) is 0 Å². The van der Waals surface area contributed by atoms with Gasteiger partial charge >= 0.3 is 0 Å². The van der Waals surface area contributed by atoms with Crippen LogP contribution in [0.5, 0.6) is 0 Å². The van der Waals surface area contributed by atoms with E-state index < -0.39 is 0 Å². The number of halogens is 2. The molecule has 0 aromatic heterocycles. The quantitative estimate of drug-likeness (QED) is 0.647. The molecule has 3 rings (SSSR count). The number of benzene rings is 2. The normalized spacial score (nSPS) is 17.7. The third-order valence-corrected chi connectivity index (χ3v) is 4.87. The first-order valence-corrected chi connectivity index (χ1v) is 7.48. The molecule has 18 heavy (non-hydrogen) atoms. The van der Waals surface area contributed by atoms with E-state index in [1.165, 1.54) is 24.8 Å². The number of hydrogen-bond donors (Lipinski definition) is 0. The minimum absolute atomic E-state index is 0.127. The first-order valence-electron chi connectivity index (χ1n) is 6.57. The van der Waals surface area contributed by atoms with Crippen LogP contribution in [0.15, 0.2) is 36.4 Å². The van der Waals surface area contributed by atoms with Crippen LogP contribution in [0, 0.1) is 11.7 Å². The molecular weight excluding hydrogens is 291 g/mol. The van der Waals surface area contributed by atoms with Crippen LogP contribution in [0.4, 0.5) is 4.39 Å². The lowest BCUT2D eigenvalue weighted by atomic mass is 9.81. The monoisotopic (exact) mass is 306 g/mol. The van der Waals surface area contributed by atoms with E-state index in [0.717, 1.165) is 23.1 Å². The molecule has 2 heteroatoms. The SMILES string of the molecule is Fc1ccc(C(Br)CC2CCC2)c2ccccc12. The van der Waals surface area contributed by atoms with Gasteiger partial charge in [-0.15, -0.1) is 0 Å². The molecule has 0 bridgehead atoms. The highest BCUT2D eigenvalue weighted by atomic mass is 79.9. The smallest absolute Gasteiger partial charge is 0.131 e. The molecule has 0 N–H and O–H groups in total. The third-order valence-electron chi connectivity index (χ3n) is 4.01. The molecule has 0 radical (unpaired) electrons. The third kappa shape index (κ3) is 2.18. The lowest BCUT2D eigenvalue weighted by molar-refractivity contribution is 0.296. The minimum Gasteiger partial charge on any atom is -0.206 e. The Morgan fingerprint density at radius 2 is 1.83 bits per heavy atom. The van der Waals surface area contributed by atoms with Crippen LogP contribution in [0.3, 0.4) is 0 Å². The lowest BCUT2D eigenvalue weighted by Gasteiger charge is -2.28. The van der Waals surface area contributed by atoms with Gasteiger partial charge in [0.15, 0.2) is 0 Å². The van der Waals surface area contributed by atoms with Gasteiger partial charge in [-0.25, -0.2) is 4.39 Å². The van der Waals surface area contributed by atoms with Crippen molar-refractivity contribution in [2.45, 2.75) is 30.5 Å². The Kier molecular flexibility index (Phi) is 3.38. The molecule has 0 nitrogen and oxygen atoms in total. The number of alkyl halides is 1. The fraction of sp³-hybridized carbons (Fsp3) is 0.375. The molecule has 0 amide bonds. The van der Waals surface area contributed by atoms with Crippen molar-refractivity contribution >= 4 is 26.7 Å². The molecule has 0 heterocycles. The maximum Gasteiger partial charge on any atom is 0.131 e. The Bertz CT molecular complexity index is 560. The molecule has 1 unspecified atom stereocenters. The Balaban J connectivity index is 1.97. The second-order valence-electron chi connectivity index (χ2n) is 5.18. The van der Waals surface area contributed by atoms with Gasteiger partial charge in [0.05, 0.1) is 0 Å². The number of hydrogen-bond acceptors (Lipinski definition) is 0. The zero-order valence-corrected chi connectivity index (χ0v) is 11.8. The Labute approximate surface area is 115 Å². The molecule has 2 aromatic carbocycles. The van der Waals surface area contributed by atoms with Crippen LogP contribution < -0.4 is 0 Å². The molecule has 1 atom stereocenters. The van der Waals surface area contributed by atoms with Crippen LogP contribution in [0.25, 0.3) is 10.8 Å². The summed E-state index contributed by atoms with van der Waals surface area (Å²) in [5.74, 6) is 0.718. The van der Waals surface area contributed by atoms with E-state index in [2.05, 4.69) is 15.9 Å². The summed E-state index contributed by atoms with van der Waals surface area (Å²) < 4.78 is 13.8. The van der Waals surface area contributed by atoms with Crippen molar-refractivity contribution in [3.05, 3.63) is 47.8 Å². The van der Waals surface area contributed by atoms with Gasteiger partial charge in [-0.2, -0.15) is 0 Å². The maximum absolute atomic E-state index is 13.8. The van der Waals surface area contributed by atoms with Crippen molar-refractivity contribution < 1.29 is 4.39 Å². The van der Waals surface area contributed by atoms with Gasteiger partial charge in [0, 0.05) is 10.2 Å². The van der Waals surface area contributed by atoms with Crippen molar-refractivity contribution in [3.63, 3.8) is 0 Å². The lowest BCUT2D eigenvalue weighted by Crippen LogP contribution is -2.12. The van der Waals surface area contributed by atoms with Gasteiger partial charge in [0.1, 0.15) is 5.82 Å². The summed E-state index contributed by atoms with van der Waals surface area (Å²) >= 11 is 3.78. The van der Waals surface area contributed by atoms with Gasteiger partial charge in [-0.3, -0.25) is 0 Å². The van der Waals surface area contributed by atoms with Gasteiger partial charge < -0.3 is 0 Å². The molecule has 1 saturated carbocycles. The van der Waals surface area contributed by atoms with Crippen molar-refractivity contribution in [1.82, 2.24) is 0 Å². The molecule has 94 valence electrons. The summed E-state index contributed by atoms with van der Waals surface area (Å²) in [7, 11) is 0.